The molecule has 8 heteroatoms. The number of halogens is 4. The van der Waals surface area contributed by atoms with E-state index in [0.717, 1.165) is 0 Å². The summed E-state index contributed by atoms with van der Waals surface area (Å²) in [6, 6.07) is 6.44. The molecule has 1 heterocycles. The number of hydrogen-bond acceptors (Lipinski definition) is 3. The van der Waals surface area contributed by atoms with Crippen molar-refractivity contribution in [3.05, 3.63) is 46.2 Å². The molecule has 1 aromatic heterocycles. The molecule has 0 spiro atoms. The average Bonchev–Trinajstić information content (AvgIpc) is 2.75. The molecule has 0 unspecified atom stereocenters. The van der Waals surface area contributed by atoms with E-state index < -0.39 is 17.6 Å². The quantitative estimate of drug-likeness (QED) is 0.816. The SMILES string of the molecule is O=Cc1nnn(Cc2ccccc2Cl)c1C(F)(F)F. The number of aromatic nitrogens is 3. The maximum atomic E-state index is 12.8. The maximum absolute atomic E-state index is 12.8. The van der Waals surface area contributed by atoms with Crippen molar-refractivity contribution in [3.63, 3.8) is 0 Å². The van der Waals surface area contributed by atoms with E-state index >= 15 is 0 Å². The smallest absolute Gasteiger partial charge is 0.296 e. The predicted molar refractivity (Wildman–Crippen MR) is 61.0 cm³/mol. The second kappa shape index (κ2) is 5.00. The van der Waals surface area contributed by atoms with Crippen molar-refractivity contribution in [1.82, 2.24) is 15.0 Å². The maximum Gasteiger partial charge on any atom is 0.435 e. The molecule has 0 bridgehead atoms. The molecule has 0 aliphatic rings. The van der Waals surface area contributed by atoms with Gasteiger partial charge in [0, 0.05) is 5.02 Å². The van der Waals surface area contributed by atoms with Crippen LogP contribution in [0.4, 0.5) is 13.2 Å². The fourth-order valence-electron chi connectivity index (χ4n) is 1.60. The van der Waals surface area contributed by atoms with Crippen LogP contribution in [0.3, 0.4) is 0 Å². The van der Waals surface area contributed by atoms with Gasteiger partial charge in [0.1, 0.15) is 0 Å². The van der Waals surface area contributed by atoms with E-state index in [-0.39, 0.29) is 12.8 Å². The zero-order valence-corrected chi connectivity index (χ0v) is 10.1. The van der Waals surface area contributed by atoms with Crippen LogP contribution in [0.25, 0.3) is 0 Å². The lowest BCUT2D eigenvalue weighted by Crippen LogP contribution is -2.17. The molecule has 0 aliphatic carbocycles. The molecular formula is C11H7ClF3N3O. The normalized spacial score (nSPS) is 11.6. The van der Waals surface area contributed by atoms with Gasteiger partial charge < -0.3 is 0 Å². The van der Waals surface area contributed by atoms with E-state index in [1.165, 1.54) is 0 Å². The summed E-state index contributed by atoms with van der Waals surface area (Å²) in [6.07, 6.45) is -4.68. The van der Waals surface area contributed by atoms with Gasteiger partial charge in [-0.25, -0.2) is 4.68 Å². The zero-order chi connectivity index (χ0) is 14.0. The second-order valence-electron chi connectivity index (χ2n) is 3.69. The van der Waals surface area contributed by atoms with Crippen LogP contribution in [0.5, 0.6) is 0 Å². The molecule has 100 valence electrons. The number of benzene rings is 1. The zero-order valence-electron chi connectivity index (χ0n) is 9.36. The number of nitrogens with zero attached hydrogens (tertiary/aromatic N) is 3. The highest BCUT2D eigenvalue weighted by Crippen LogP contribution is 2.31. The molecule has 0 saturated carbocycles. The monoisotopic (exact) mass is 289 g/mol. The van der Waals surface area contributed by atoms with Crippen LogP contribution < -0.4 is 0 Å². The summed E-state index contributed by atoms with van der Waals surface area (Å²) in [5.74, 6) is 0. The lowest BCUT2D eigenvalue weighted by atomic mass is 10.2. The van der Waals surface area contributed by atoms with Crippen molar-refractivity contribution in [2.75, 3.05) is 0 Å². The summed E-state index contributed by atoms with van der Waals surface area (Å²) in [7, 11) is 0. The van der Waals surface area contributed by atoms with Gasteiger partial charge in [-0.3, -0.25) is 4.79 Å². The lowest BCUT2D eigenvalue weighted by Gasteiger charge is -2.10. The van der Waals surface area contributed by atoms with Crippen LogP contribution in [0.1, 0.15) is 21.7 Å². The van der Waals surface area contributed by atoms with Crippen molar-refractivity contribution >= 4 is 17.9 Å². The Morgan fingerprint density at radius 3 is 2.58 bits per heavy atom. The average molecular weight is 290 g/mol. The largest absolute Gasteiger partial charge is 0.435 e. The fraction of sp³-hybridized carbons (Fsp3) is 0.182. The second-order valence-corrected chi connectivity index (χ2v) is 4.10. The first-order valence-electron chi connectivity index (χ1n) is 5.12. The molecule has 19 heavy (non-hydrogen) atoms. The third-order valence-electron chi connectivity index (χ3n) is 2.42. The summed E-state index contributed by atoms with van der Waals surface area (Å²) < 4.78 is 39.1. The van der Waals surface area contributed by atoms with Gasteiger partial charge in [-0.05, 0) is 11.6 Å². The van der Waals surface area contributed by atoms with Gasteiger partial charge in [0.25, 0.3) is 0 Å². The van der Waals surface area contributed by atoms with E-state index in [1.54, 1.807) is 24.3 Å². The van der Waals surface area contributed by atoms with Crippen LogP contribution in [0, 0.1) is 0 Å². The Bertz CT molecular complexity index is 609. The Kier molecular flexibility index (Phi) is 3.57. The minimum absolute atomic E-state index is 0.0267. The van der Waals surface area contributed by atoms with E-state index in [4.69, 9.17) is 11.6 Å². The highest BCUT2D eigenvalue weighted by molar-refractivity contribution is 6.31. The first kappa shape index (κ1) is 13.5. The third-order valence-corrected chi connectivity index (χ3v) is 2.79. The standard InChI is InChI=1S/C11H7ClF3N3O/c12-8-4-2-1-3-7(8)5-18-10(11(13,14)15)9(6-19)16-17-18/h1-4,6H,5H2. The molecule has 1 aromatic carbocycles. The van der Waals surface area contributed by atoms with Crippen LogP contribution in [0.2, 0.25) is 5.02 Å². The van der Waals surface area contributed by atoms with Crippen LogP contribution in [-0.4, -0.2) is 21.3 Å². The molecule has 0 atom stereocenters. The van der Waals surface area contributed by atoms with Crippen molar-refractivity contribution < 1.29 is 18.0 Å². The predicted octanol–water partition coefficient (Wildman–Crippen LogP) is 2.81. The van der Waals surface area contributed by atoms with E-state index in [0.29, 0.717) is 15.3 Å². The Morgan fingerprint density at radius 1 is 1.32 bits per heavy atom. The van der Waals surface area contributed by atoms with Gasteiger partial charge in [0.2, 0.25) is 0 Å². The molecule has 0 amide bonds. The molecular weight excluding hydrogens is 283 g/mol. The molecule has 2 aromatic rings. The van der Waals surface area contributed by atoms with Gasteiger partial charge in [-0.1, -0.05) is 35.0 Å². The van der Waals surface area contributed by atoms with E-state index in [1.807, 2.05) is 0 Å². The molecule has 0 fully saturated rings. The molecule has 2 rings (SSSR count). The summed E-state index contributed by atoms with van der Waals surface area (Å²) in [6.45, 7) is -0.213. The van der Waals surface area contributed by atoms with E-state index in [9.17, 15) is 18.0 Å². The van der Waals surface area contributed by atoms with Crippen molar-refractivity contribution in [2.45, 2.75) is 12.7 Å². The fourth-order valence-corrected chi connectivity index (χ4v) is 1.79. The highest BCUT2D eigenvalue weighted by Gasteiger charge is 2.39. The first-order valence-corrected chi connectivity index (χ1v) is 5.50. The van der Waals surface area contributed by atoms with Gasteiger partial charge in [0.15, 0.2) is 17.7 Å². The number of aldehydes is 1. The summed E-state index contributed by atoms with van der Waals surface area (Å²) in [5, 5.41) is 6.87. The Hall–Kier alpha value is -1.89. The Labute approximate surface area is 110 Å². The van der Waals surface area contributed by atoms with Gasteiger partial charge >= 0.3 is 6.18 Å². The van der Waals surface area contributed by atoms with Crippen molar-refractivity contribution in [1.29, 1.82) is 0 Å². The van der Waals surface area contributed by atoms with Gasteiger partial charge in [0.05, 0.1) is 6.54 Å². The number of carbonyl (C=O) groups is 1. The summed E-state index contributed by atoms with van der Waals surface area (Å²) in [4.78, 5) is 10.6. The molecule has 0 N–H and O–H groups in total. The summed E-state index contributed by atoms with van der Waals surface area (Å²) >= 11 is 5.87. The summed E-state index contributed by atoms with van der Waals surface area (Å²) in [5.41, 5.74) is -1.46. The topological polar surface area (TPSA) is 47.8 Å². The molecule has 0 saturated heterocycles. The third kappa shape index (κ3) is 2.76. The molecule has 0 aliphatic heterocycles. The minimum Gasteiger partial charge on any atom is -0.296 e. The Morgan fingerprint density at radius 2 is 2.00 bits per heavy atom. The van der Waals surface area contributed by atoms with Crippen molar-refractivity contribution in [3.8, 4) is 0 Å². The minimum atomic E-state index is -4.71. The molecule has 0 radical (unpaired) electrons. The molecule has 4 nitrogen and oxygen atoms in total. The van der Waals surface area contributed by atoms with E-state index in [2.05, 4.69) is 10.3 Å². The Balaban J connectivity index is 2.44. The van der Waals surface area contributed by atoms with Crippen molar-refractivity contribution in [2.24, 2.45) is 0 Å². The number of rotatable bonds is 3. The number of hydrogen-bond donors (Lipinski definition) is 0. The van der Waals surface area contributed by atoms with Crippen LogP contribution in [0.15, 0.2) is 24.3 Å². The van der Waals surface area contributed by atoms with Crippen LogP contribution in [-0.2, 0) is 12.7 Å². The number of alkyl halides is 3. The number of carbonyl (C=O) groups excluding carboxylic acids is 1. The highest BCUT2D eigenvalue weighted by atomic mass is 35.5. The van der Waals surface area contributed by atoms with Crippen LogP contribution >= 0.6 is 11.6 Å². The first-order chi connectivity index (χ1) is 8.93. The van der Waals surface area contributed by atoms with Gasteiger partial charge in [-0.15, -0.1) is 5.10 Å². The lowest BCUT2D eigenvalue weighted by molar-refractivity contribution is -0.144. The van der Waals surface area contributed by atoms with Gasteiger partial charge in [-0.2, -0.15) is 13.2 Å².